The highest BCUT2D eigenvalue weighted by molar-refractivity contribution is 9.10. The van der Waals surface area contributed by atoms with E-state index in [1.165, 1.54) is 22.7 Å². The van der Waals surface area contributed by atoms with Crippen LogP contribution >= 0.6 is 50.2 Å². The monoisotopic (exact) mass is 309 g/mol. The number of rotatable bonds is 2. The van der Waals surface area contributed by atoms with Gasteiger partial charge in [0.25, 0.3) is 0 Å². The van der Waals surface area contributed by atoms with Gasteiger partial charge in [0.2, 0.25) is 0 Å². The summed E-state index contributed by atoms with van der Waals surface area (Å²) in [4.78, 5) is 4.96. The lowest BCUT2D eigenvalue weighted by molar-refractivity contribution is 0.223. The number of thiazole rings is 1. The van der Waals surface area contributed by atoms with Gasteiger partial charge in [-0.3, -0.25) is 0 Å². The summed E-state index contributed by atoms with van der Waals surface area (Å²) >= 11 is 11.9. The Balaban J connectivity index is 2.28. The largest absolute Gasteiger partial charge is 0.380 e. The van der Waals surface area contributed by atoms with Crippen molar-refractivity contribution in [2.24, 2.45) is 0 Å². The Kier molecular flexibility index (Phi) is 3.23. The Morgan fingerprint density at radius 1 is 1.43 bits per heavy atom. The molecule has 2 heterocycles. The summed E-state index contributed by atoms with van der Waals surface area (Å²) in [6, 6.07) is 1.76. The van der Waals surface area contributed by atoms with E-state index in [-0.39, 0.29) is 0 Å². The third-order valence-corrected chi connectivity index (χ3v) is 4.52. The second kappa shape index (κ2) is 4.28. The van der Waals surface area contributed by atoms with E-state index >= 15 is 0 Å². The van der Waals surface area contributed by atoms with Crippen LogP contribution in [-0.4, -0.2) is 10.1 Å². The van der Waals surface area contributed by atoms with Crippen molar-refractivity contribution in [2.75, 3.05) is 0 Å². The standard InChI is InChI=1S/C8H5BrClNOS2/c9-6-3-14-8(11-6)7(12)5-1-4(10)2-13-5/h1-3,7,12H. The summed E-state index contributed by atoms with van der Waals surface area (Å²) in [5, 5.41) is 14.9. The maximum atomic E-state index is 9.90. The van der Waals surface area contributed by atoms with Gasteiger partial charge in [0.1, 0.15) is 15.7 Å². The van der Waals surface area contributed by atoms with Crippen LogP contribution in [0.15, 0.2) is 21.4 Å². The third-order valence-electron chi connectivity index (χ3n) is 1.59. The lowest BCUT2D eigenvalue weighted by atomic mass is 10.3. The summed E-state index contributed by atoms with van der Waals surface area (Å²) in [5.41, 5.74) is 0. The number of aliphatic hydroxyl groups excluding tert-OH is 1. The zero-order valence-corrected chi connectivity index (χ0v) is 10.8. The molecule has 74 valence electrons. The van der Waals surface area contributed by atoms with E-state index in [1.54, 1.807) is 11.4 Å². The van der Waals surface area contributed by atoms with Crippen LogP contribution in [0.2, 0.25) is 5.02 Å². The Labute approximate surface area is 102 Å². The molecule has 0 spiro atoms. The fraction of sp³-hybridized carbons (Fsp3) is 0.125. The van der Waals surface area contributed by atoms with Crippen molar-refractivity contribution < 1.29 is 5.11 Å². The zero-order chi connectivity index (χ0) is 10.1. The van der Waals surface area contributed by atoms with Crippen molar-refractivity contribution >= 4 is 50.2 Å². The number of halogens is 2. The van der Waals surface area contributed by atoms with E-state index in [0.29, 0.717) is 10.0 Å². The molecule has 14 heavy (non-hydrogen) atoms. The molecule has 6 heteroatoms. The highest BCUT2D eigenvalue weighted by Gasteiger charge is 2.15. The molecule has 0 bridgehead atoms. The van der Waals surface area contributed by atoms with Crippen LogP contribution in [0, 0.1) is 0 Å². The van der Waals surface area contributed by atoms with E-state index in [4.69, 9.17) is 11.6 Å². The summed E-state index contributed by atoms with van der Waals surface area (Å²) in [5.74, 6) is 0. The second-order valence-electron chi connectivity index (χ2n) is 2.58. The summed E-state index contributed by atoms with van der Waals surface area (Å²) in [6.07, 6.45) is -0.663. The number of aliphatic hydroxyl groups is 1. The molecule has 1 atom stereocenters. The van der Waals surface area contributed by atoms with Crippen LogP contribution in [0.25, 0.3) is 0 Å². The fourth-order valence-corrected chi connectivity index (χ4v) is 3.40. The average Bonchev–Trinajstić information content (AvgIpc) is 2.73. The lowest BCUT2D eigenvalue weighted by Crippen LogP contribution is -1.95. The maximum Gasteiger partial charge on any atom is 0.140 e. The predicted octanol–water partition coefficient (Wildman–Crippen LogP) is 3.70. The van der Waals surface area contributed by atoms with Crippen LogP contribution in [0.5, 0.6) is 0 Å². The zero-order valence-electron chi connectivity index (χ0n) is 6.78. The number of aromatic nitrogens is 1. The first-order chi connectivity index (χ1) is 6.66. The molecule has 1 N–H and O–H groups in total. The molecule has 2 nitrogen and oxygen atoms in total. The molecule has 0 radical (unpaired) electrons. The minimum Gasteiger partial charge on any atom is -0.380 e. The van der Waals surface area contributed by atoms with Crippen molar-refractivity contribution in [3.63, 3.8) is 0 Å². The molecule has 0 amide bonds. The Morgan fingerprint density at radius 2 is 2.21 bits per heavy atom. The molecule has 0 saturated carbocycles. The predicted molar refractivity (Wildman–Crippen MR) is 63.2 cm³/mol. The van der Waals surface area contributed by atoms with Gasteiger partial charge in [-0.15, -0.1) is 22.7 Å². The summed E-state index contributed by atoms with van der Waals surface area (Å²) < 4.78 is 0.749. The van der Waals surface area contributed by atoms with Gasteiger partial charge in [-0.05, 0) is 22.0 Å². The molecule has 2 aromatic heterocycles. The van der Waals surface area contributed by atoms with Crippen LogP contribution in [0.3, 0.4) is 0 Å². The SMILES string of the molecule is OC(c1cc(Cl)cs1)c1nc(Br)cs1. The van der Waals surface area contributed by atoms with Gasteiger partial charge in [0.15, 0.2) is 0 Å². The van der Waals surface area contributed by atoms with Crippen molar-refractivity contribution in [1.29, 1.82) is 0 Å². The summed E-state index contributed by atoms with van der Waals surface area (Å²) in [6.45, 7) is 0. The highest BCUT2D eigenvalue weighted by Crippen LogP contribution is 2.31. The van der Waals surface area contributed by atoms with Crippen LogP contribution in [0.4, 0.5) is 0 Å². The summed E-state index contributed by atoms with van der Waals surface area (Å²) in [7, 11) is 0. The number of nitrogens with zero attached hydrogens (tertiary/aromatic N) is 1. The van der Waals surface area contributed by atoms with Gasteiger partial charge in [0, 0.05) is 15.6 Å². The smallest absolute Gasteiger partial charge is 0.140 e. The van der Waals surface area contributed by atoms with Crippen molar-refractivity contribution in [1.82, 2.24) is 4.98 Å². The number of thiophene rings is 1. The van der Waals surface area contributed by atoms with Crippen molar-refractivity contribution in [3.05, 3.63) is 36.3 Å². The van der Waals surface area contributed by atoms with Crippen LogP contribution in [-0.2, 0) is 0 Å². The first kappa shape index (κ1) is 10.6. The molecule has 0 saturated heterocycles. The van der Waals surface area contributed by atoms with Gasteiger partial charge in [-0.25, -0.2) is 4.98 Å². The average molecular weight is 311 g/mol. The van der Waals surface area contributed by atoms with E-state index < -0.39 is 6.10 Å². The fourth-order valence-electron chi connectivity index (χ4n) is 0.986. The number of hydrogen-bond donors (Lipinski definition) is 1. The van der Waals surface area contributed by atoms with Crippen molar-refractivity contribution in [3.8, 4) is 0 Å². The van der Waals surface area contributed by atoms with Gasteiger partial charge >= 0.3 is 0 Å². The normalized spacial score (nSPS) is 13.1. The van der Waals surface area contributed by atoms with Gasteiger partial charge in [0.05, 0.1) is 5.02 Å². The third kappa shape index (κ3) is 2.17. The topological polar surface area (TPSA) is 33.1 Å². The van der Waals surface area contributed by atoms with Gasteiger partial charge in [-0.2, -0.15) is 0 Å². The molecule has 0 fully saturated rings. The van der Waals surface area contributed by atoms with E-state index in [1.807, 2.05) is 5.38 Å². The first-order valence-corrected chi connectivity index (χ1v) is 6.63. The Bertz CT molecular complexity index is 402. The van der Waals surface area contributed by atoms with Gasteiger partial charge < -0.3 is 5.11 Å². The number of hydrogen-bond acceptors (Lipinski definition) is 4. The Morgan fingerprint density at radius 3 is 2.71 bits per heavy atom. The quantitative estimate of drug-likeness (QED) is 0.917. The minimum absolute atomic E-state index is 0.652. The molecular weight excluding hydrogens is 306 g/mol. The van der Waals surface area contributed by atoms with E-state index in [0.717, 1.165) is 9.48 Å². The Hall–Kier alpha value is 0.0600. The van der Waals surface area contributed by atoms with E-state index in [9.17, 15) is 5.11 Å². The van der Waals surface area contributed by atoms with E-state index in [2.05, 4.69) is 20.9 Å². The molecular formula is C8H5BrClNOS2. The molecule has 0 aliphatic carbocycles. The lowest BCUT2D eigenvalue weighted by Gasteiger charge is -2.02. The molecule has 0 aromatic carbocycles. The molecule has 2 aromatic rings. The molecule has 2 rings (SSSR count). The second-order valence-corrected chi connectivity index (χ2v) is 5.66. The molecule has 0 aliphatic heterocycles. The highest BCUT2D eigenvalue weighted by atomic mass is 79.9. The van der Waals surface area contributed by atoms with Crippen LogP contribution in [0.1, 0.15) is 16.0 Å². The van der Waals surface area contributed by atoms with Gasteiger partial charge in [-0.1, -0.05) is 11.6 Å². The first-order valence-electron chi connectivity index (χ1n) is 3.70. The van der Waals surface area contributed by atoms with Crippen molar-refractivity contribution in [2.45, 2.75) is 6.10 Å². The minimum atomic E-state index is -0.663. The maximum absolute atomic E-state index is 9.90. The molecule has 0 aliphatic rings. The molecule has 1 unspecified atom stereocenters. The van der Waals surface area contributed by atoms with Crippen LogP contribution < -0.4 is 0 Å².